The Balaban J connectivity index is 2.31. The minimum Gasteiger partial charge on any atom is -0.462 e. The van der Waals surface area contributed by atoms with E-state index in [0.717, 1.165) is 12.5 Å². The van der Waals surface area contributed by atoms with Gasteiger partial charge in [0.1, 0.15) is 4.75 Å². The highest BCUT2D eigenvalue weighted by molar-refractivity contribution is 8.05. The number of carbonyl (C=O) groups excluding carboxylic acids is 1. The Bertz CT molecular complexity index is 581. The summed E-state index contributed by atoms with van der Waals surface area (Å²) < 4.78 is 42.8. The number of ether oxygens (including phenoxy) is 1. The van der Waals surface area contributed by atoms with Gasteiger partial charge in [0.2, 0.25) is 0 Å². The molecule has 6 heteroatoms. The minimum atomic E-state index is -4.38. The molecule has 1 aliphatic rings. The van der Waals surface area contributed by atoms with Gasteiger partial charge in [-0.05, 0) is 37.8 Å². The van der Waals surface area contributed by atoms with Crippen molar-refractivity contribution in [1.29, 1.82) is 0 Å². The average molecular weight is 330 g/mol. The standard InChI is InChI=1S/C16H17F3O2S/c1-3-21-14(20)13-12(9-11-7-5-4-6-8-11)10-15(2,22-13)16(17,18)19/h4-8H,3,9-10H2,1-2H3. The fourth-order valence-corrected chi connectivity index (χ4v) is 3.59. The van der Waals surface area contributed by atoms with E-state index in [-0.39, 0.29) is 17.9 Å². The van der Waals surface area contributed by atoms with Crippen molar-refractivity contribution < 1.29 is 22.7 Å². The Labute approximate surface area is 131 Å². The number of hydrogen-bond donors (Lipinski definition) is 0. The van der Waals surface area contributed by atoms with E-state index in [2.05, 4.69) is 0 Å². The monoisotopic (exact) mass is 330 g/mol. The molecule has 0 aromatic heterocycles. The lowest BCUT2D eigenvalue weighted by molar-refractivity contribution is -0.154. The molecule has 1 aliphatic heterocycles. The molecule has 0 saturated carbocycles. The van der Waals surface area contributed by atoms with Gasteiger partial charge in [0.15, 0.2) is 0 Å². The summed E-state index contributed by atoms with van der Waals surface area (Å²) >= 11 is 0.575. The van der Waals surface area contributed by atoms with Crippen LogP contribution in [0.5, 0.6) is 0 Å². The zero-order valence-electron chi connectivity index (χ0n) is 12.4. The first-order valence-corrected chi connectivity index (χ1v) is 7.77. The van der Waals surface area contributed by atoms with Crippen molar-refractivity contribution in [2.24, 2.45) is 0 Å². The van der Waals surface area contributed by atoms with Crippen molar-refractivity contribution in [3.63, 3.8) is 0 Å². The van der Waals surface area contributed by atoms with Crippen LogP contribution >= 0.6 is 11.8 Å². The zero-order valence-corrected chi connectivity index (χ0v) is 13.2. The summed E-state index contributed by atoms with van der Waals surface area (Å²) in [6, 6.07) is 9.16. The Hall–Kier alpha value is -1.43. The zero-order chi connectivity index (χ0) is 16.4. The van der Waals surface area contributed by atoms with Gasteiger partial charge in [-0.25, -0.2) is 4.79 Å². The van der Waals surface area contributed by atoms with Crippen molar-refractivity contribution in [3.8, 4) is 0 Å². The molecule has 0 spiro atoms. The van der Waals surface area contributed by atoms with Crippen molar-refractivity contribution in [3.05, 3.63) is 46.4 Å². The van der Waals surface area contributed by atoms with Crippen molar-refractivity contribution in [1.82, 2.24) is 0 Å². The summed E-state index contributed by atoms with van der Waals surface area (Å²) in [6.07, 6.45) is -4.24. The predicted molar refractivity (Wildman–Crippen MR) is 80.5 cm³/mol. The Morgan fingerprint density at radius 1 is 1.32 bits per heavy atom. The lowest BCUT2D eigenvalue weighted by atomic mass is 9.94. The number of thioether (sulfide) groups is 1. The molecule has 0 amide bonds. The quantitative estimate of drug-likeness (QED) is 0.760. The molecule has 0 saturated heterocycles. The smallest absolute Gasteiger partial charge is 0.403 e. The van der Waals surface area contributed by atoms with Crippen LogP contribution in [0.15, 0.2) is 40.8 Å². The Kier molecular flexibility index (Phi) is 4.90. The number of halogens is 3. The summed E-state index contributed by atoms with van der Waals surface area (Å²) in [5.74, 6) is -0.661. The first-order valence-electron chi connectivity index (χ1n) is 6.95. The van der Waals surface area contributed by atoms with Gasteiger partial charge < -0.3 is 4.74 Å². The first-order chi connectivity index (χ1) is 10.3. The van der Waals surface area contributed by atoms with E-state index < -0.39 is 16.9 Å². The molecule has 120 valence electrons. The summed E-state index contributed by atoms with van der Waals surface area (Å²) in [4.78, 5) is 12.1. The highest BCUT2D eigenvalue weighted by atomic mass is 32.2. The van der Waals surface area contributed by atoms with E-state index in [1.165, 1.54) is 0 Å². The van der Waals surface area contributed by atoms with Gasteiger partial charge >= 0.3 is 12.1 Å². The lowest BCUT2D eigenvalue weighted by Gasteiger charge is -2.26. The summed E-state index contributed by atoms with van der Waals surface area (Å²) in [7, 11) is 0. The maximum Gasteiger partial charge on any atom is 0.403 e. The molecule has 1 unspecified atom stereocenters. The largest absolute Gasteiger partial charge is 0.462 e. The highest BCUT2D eigenvalue weighted by Gasteiger charge is 2.56. The van der Waals surface area contributed by atoms with Crippen molar-refractivity contribution in [2.75, 3.05) is 6.61 Å². The van der Waals surface area contributed by atoms with E-state index in [1.54, 1.807) is 6.92 Å². The third-order valence-corrected chi connectivity index (χ3v) is 5.01. The first kappa shape index (κ1) is 16.9. The van der Waals surface area contributed by atoms with Crippen LogP contribution in [0.4, 0.5) is 13.2 Å². The number of carbonyl (C=O) groups is 1. The van der Waals surface area contributed by atoms with Gasteiger partial charge in [-0.2, -0.15) is 13.2 Å². The van der Waals surface area contributed by atoms with Crippen LogP contribution in [0, 0.1) is 0 Å². The van der Waals surface area contributed by atoms with Gasteiger partial charge in [-0.1, -0.05) is 30.3 Å². The van der Waals surface area contributed by atoms with E-state index in [4.69, 9.17) is 4.74 Å². The molecule has 1 aromatic carbocycles. The third-order valence-electron chi connectivity index (χ3n) is 3.52. The SMILES string of the molecule is CCOC(=O)C1=C(Cc2ccccc2)CC(C)(C(F)(F)F)S1. The second kappa shape index (κ2) is 6.36. The molecule has 1 heterocycles. The van der Waals surface area contributed by atoms with E-state index in [0.29, 0.717) is 23.8 Å². The Morgan fingerprint density at radius 2 is 1.95 bits per heavy atom. The second-order valence-electron chi connectivity index (χ2n) is 5.32. The molecule has 1 aromatic rings. The van der Waals surface area contributed by atoms with Crippen LogP contribution in [-0.2, 0) is 16.0 Å². The number of hydrogen-bond acceptors (Lipinski definition) is 3. The number of esters is 1. The molecule has 0 aliphatic carbocycles. The summed E-state index contributed by atoms with van der Waals surface area (Å²) in [6.45, 7) is 2.91. The maximum absolute atomic E-state index is 13.3. The molecule has 22 heavy (non-hydrogen) atoms. The third kappa shape index (κ3) is 3.48. The van der Waals surface area contributed by atoms with Gasteiger partial charge in [0.05, 0.1) is 11.5 Å². The molecular weight excluding hydrogens is 313 g/mol. The molecule has 0 radical (unpaired) electrons. The average Bonchev–Trinajstić information content (AvgIpc) is 2.78. The van der Waals surface area contributed by atoms with E-state index >= 15 is 0 Å². The Morgan fingerprint density at radius 3 is 2.50 bits per heavy atom. The molecule has 1 atom stereocenters. The summed E-state index contributed by atoms with van der Waals surface area (Å²) in [5, 5.41) is 0. The van der Waals surface area contributed by atoms with E-state index in [1.807, 2.05) is 30.3 Å². The molecule has 2 nitrogen and oxygen atoms in total. The van der Waals surface area contributed by atoms with Crippen LogP contribution in [0.2, 0.25) is 0 Å². The topological polar surface area (TPSA) is 26.3 Å². The molecular formula is C16H17F3O2S. The molecule has 0 N–H and O–H groups in total. The number of rotatable bonds is 4. The fraction of sp³-hybridized carbons (Fsp3) is 0.438. The van der Waals surface area contributed by atoms with Crippen molar-refractivity contribution in [2.45, 2.75) is 37.6 Å². The van der Waals surface area contributed by atoms with Crippen LogP contribution in [0.3, 0.4) is 0 Å². The normalized spacial score (nSPS) is 22.0. The van der Waals surface area contributed by atoms with Crippen LogP contribution in [0.25, 0.3) is 0 Å². The van der Waals surface area contributed by atoms with Crippen molar-refractivity contribution >= 4 is 17.7 Å². The second-order valence-corrected chi connectivity index (χ2v) is 6.84. The van der Waals surface area contributed by atoms with Gasteiger partial charge in [-0.15, -0.1) is 11.8 Å². The van der Waals surface area contributed by atoms with Gasteiger partial charge in [-0.3, -0.25) is 0 Å². The predicted octanol–water partition coefficient (Wildman–Crippen LogP) is 4.50. The van der Waals surface area contributed by atoms with Crippen LogP contribution < -0.4 is 0 Å². The molecule has 0 fully saturated rings. The molecule has 0 bridgehead atoms. The van der Waals surface area contributed by atoms with Gasteiger partial charge in [0.25, 0.3) is 0 Å². The maximum atomic E-state index is 13.3. The van der Waals surface area contributed by atoms with E-state index in [9.17, 15) is 18.0 Å². The highest BCUT2D eigenvalue weighted by Crippen LogP contribution is 2.55. The van der Waals surface area contributed by atoms with Crippen LogP contribution in [-0.4, -0.2) is 23.5 Å². The lowest BCUT2D eigenvalue weighted by Crippen LogP contribution is -2.37. The number of benzene rings is 1. The van der Waals surface area contributed by atoms with Gasteiger partial charge in [0, 0.05) is 0 Å². The summed E-state index contributed by atoms with van der Waals surface area (Å²) in [5.41, 5.74) is 1.38. The number of allylic oxidation sites excluding steroid dienone is 1. The molecule has 2 rings (SSSR count). The minimum absolute atomic E-state index is 0.102. The fourth-order valence-electron chi connectivity index (χ4n) is 2.35. The number of alkyl halides is 3. The van der Waals surface area contributed by atoms with Crippen LogP contribution in [0.1, 0.15) is 25.8 Å².